The van der Waals surface area contributed by atoms with Crippen LogP contribution in [0.2, 0.25) is 0 Å². The molecule has 0 saturated heterocycles. The van der Waals surface area contributed by atoms with Gasteiger partial charge in [0.15, 0.2) is 6.20 Å². The van der Waals surface area contributed by atoms with Gasteiger partial charge in [-0.25, -0.2) is 4.57 Å². The molecule has 0 bridgehead atoms. The van der Waals surface area contributed by atoms with Gasteiger partial charge in [0, 0.05) is 21.3 Å². The number of nitrogens with zero attached hydrogens (tertiary/aromatic N) is 1. The molecule has 0 aliphatic heterocycles. The minimum atomic E-state index is -2.17. The van der Waals surface area contributed by atoms with Crippen LogP contribution in [0, 0.1) is 25.6 Å². The molecule has 0 atom stereocenters. The summed E-state index contributed by atoms with van der Waals surface area (Å²) < 4.78 is 26.5. The van der Waals surface area contributed by atoms with Gasteiger partial charge in [-0.05, 0) is 72.3 Å². The van der Waals surface area contributed by atoms with Gasteiger partial charge in [-0.1, -0.05) is 64.1 Å². The summed E-state index contributed by atoms with van der Waals surface area (Å²) in [6, 6.07) is 16.1. The van der Waals surface area contributed by atoms with Gasteiger partial charge in [0.2, 0.25) is 5.69 Å². The van der Waals surface area contributed by atoms with E-state index >= 15 is 0 Å². The lowest BCUT2D eigenvalue weighted by Gasteiger charge is -2.16. The maximum Gasteiger partial charge on any atom is 0.212 e. The molecule has 3 aromatic rings. The average Bonchev–Trinajstić information content (AvgIpc) is 2.69. The molecular formula is C28H36N+. The molecule has 0 spiro atoms. The first-order chi connectivity index (χ1) is 15.0. The van der Waals surface area contributed by atoms with E-state index in [1.54, 1.807) is 0 Å². The molecule has 29 heavy (non-hydrogen) atoms. The molecule has 3 rings (SSSR count). The van der Waals surface area contributed by atoms with E-state index in [0.717, 1.165) is 40.8 Å². The normalized spacial score (nSPS) is 13.4. The van der Waals surface area contributed by atoms with Crippen LogP contribution >= 0.6 is 0 Å². The Morgan fingerprint density at radius 2 is 1.48 bits per heavy atom. The first-order valence-electron chi connectivity index (χ1n) is 12.2. The van der Waals surface area contributed by atoms with Crippen molar-refractivity contribution in [3.8, 4) is 22.4 Å². The van der Waals surface area contributed by atoms with Gasteiger partial charge < -0.3 is 0 Å². The minimum Gasteiger partial charge on any atom is -0.201 e. The Kier molecular flexibility index (Phi) is 5.38. The number of aryl methyl sites for hydroxylation is 3. The second-order valence-electron chi connectivity index (χ2n) is 9.09. The monoisotopic (exact) mass is 389 g/mol. The van der Waals surface area contributed by atoms with E-state index in [1.807, 2.05) is 43.3 Å². The smallest absolute Gasteiger partial charge is 0.201 e. The maximum atomic E-state index is 8.11. The fourth-order valence-electron chi connectivity index (χ4n) is 4.11. The van der Waals surface area contributed by atoms with Gasteiger partial charge in [-0.15, -0.1) is 0 Å². The zero-order chi connectivity index (χ0) is 23.6. The number of benzene rings is 2. The van der Waals surface area contributed by atoms with Crippen molar-refractivity contribution in [3.63, 3.8) is 0 Å². The van der Waals surface area contributed by atoms with E-state index in [-0.39, 0.29) is 0 Å². The van der Waals surface area contributed by atoms with Crippen LogP contribution in [0.5, 0.6) is 0 Å². The van der Waals surface area contributed by atoms with Crippen molar-refractivity contribution in [1.29, 1.82) is 0 Å². The minimum absolute atomic E-state index is 0.409. The van der Waals surface area contributed by atoms with Crippen LogP contribution < -0.4 is 4.57 Å². The summed E-state index contributed by atoms with van der Waals surface area (Å²) in [6.45, 7) is 8.89. The van der Waals surface area contributed by atoms with E-state index in [1.165, 1.54) is 11.1 Å². The van der Waals surface area contributed by atoms with Gasteiger partial charge in [-0.3, -0.25) is 0 Å². The van der Waals surface area contributed by atoms with Gasteiger partial charge >= 0.3 is 0 Å². The fourth-order valence-corrected chi connectivity index (χ4v) is 4.11. The zero-order valence-electron chi connectivity index (χ0n) is 21.7. The second-order valence-corrected chi connectivity index (χ2v) is 9.09. The van der Waals surface area contributed by atoms with Crippen molar-refractivity contribution in [3.05, 3.63) is 77.0 Å². The van der Waals surface area contributed by atoms with Crippen molar-refractivity contribution >= 4 is 0 Å². The molecule has 2 aromatic carbocycles. The van der Waals surface area contributed by atoms with Crippen LogP contribution in [-0.4, -0.2) is 0 Å². The fraction of sp³-hybridized carbons (Fsp3) is 0.393. The highest BCUT2D eigenvalue weighted by Crippen LogP contribution is 2.32. The lowest BCUT2D eigenvalue weighted by molar-refractivity contribution is -0.660. The molecule has 1 heterocycles. The quantitative estimate of drug-likeness (QED) is 0.405. The van der Waals surface area contributed by atoms with Gasteiger partial charge in [0.25, 0.3) is 0 Å². The lowest BCUT2D eigenvalue weighted by atomic mass is 9.90. The molecule has 0 unspecified atom stereocenters. The molecular weight excluding hydrogens is 350 g/mol. The summed E-state index contributed by atoms with van der Waals surface area (Å²) in [5, 5.41) is 0. The Balaban J connectivity index is 2.25. The first-order valence-corrected chi connectivity index (χ1v) is 10.7. The third kappa shape index (κ3) is 4.96. The van der Waals surface area contributed by atoms with Crippen LogP contribution in [0.4, 0.5) is 0 Å². The Labute approximate surface area is 181 Å². The lowest BCUT2D eigenvalue weighted by Crippen LogP contribution is -2.32. The van der Waals surface area contributed by atoms with Crippen molar-refractivity contribution < 1.29 is 8.68 Å². The van der Waals surface area contributed by atoms with Crippen molar-refractivity contribution in [2.45, 2.75) is 54.3 Å². The predicted molar refractivity (Wildman–Crippen MR) is 125 cm³/mol. The van der Waals surface area contributed by atoms with Gasteiger partial charge in [0.05, 0.1) is 0 Å². The summed E-state index contributed by atoms with van der Waals surface area (Å²) >= 11 is 0. The molecule has 0 amide bonds. The summed E-state index contributed by atoms with van der Waals surface area (Å²) in [7, 11) is 2.09. The molecule has 0 radical (unpaired) electrons. The van der Waals surface area contributed by atoms with E-state index in [0.29, 0.717) is 17.4 Å². The van der Waals surface area contributed by atoms with Crippen LogP contribution in [-0.2, 0) is 19.9 Å². The van der Waals surface area contributed by atoms with E-state index < -0.39 is 6.85 Å². The molecule has 1 aromatic heterocycles. The van der Waals surface area contributed by atoms with Crippen LogP contribution in [0.15, 0.2) is 54.7 Å². The Hall–Kier alpha value is -2.41. The highest BCUT2D eigenvalue weighted by atomic mass is 14.9. The summed E-state index contributed by atoms with van der Waals surface area (Å²) in [6.07, 6.45) is 4.36. The molecule has 152 valence electrons. The van der Waals surface area contributed by atoms with E-state index in [2.05, 4.69) is 57.6 Å². The average molecular weight is 390 g/mol. The van der Waals surface area contributed by atoms with Crippen molar-refractivity contribution in [2.75, 3.05) is 0 Å². The third-order valence-electron chi connectivity index (χ3n) is 5.43. The van der Waals surface area contributed by atoms with E-state index in [9.17, 15) is 0 Å². The number of pyridine rings is 1. The zero-order valence-corrected chi connectivity index (χ0v) is 18.7. The summed E-state index contributed by atoms with van der Waals surface area (Å²) in [5.74, 6) is 1.16. The maximum absolute atomic E-state index is 8.11. The molecule has 0 aliphatic rings. The van der Waals surface area contributed by atoms with Gasteiger partial charge in [-0.2, -0.15) is 0 Å². The second kappa shape index (κ2) is 8.95. The summed E-state index contributed by atoms with van der Waals surface area (Å²) in [5.41, 5.74) is 8.11. The molecule has 0 aliphatic carbocycles. The summed E-state index contributed by atoms with van der Waals surface area (Å²) in [4.78, 5) is 0. The predicted octanol–water partition coefficient (Wildman–Crippen LogP) is 6.86. The highest BCUT2D eigenvalue weighted by molar-refractivity contribution is 5.75. The first kappa shape index (κ1) is 17.4. The highest BCUT2D eigenvalue weighted by Gasteiger charge is 2.20. The van der Waals surface area contributed by atoms with E-state index in [4.69, 9.17) is 4.11 Å². The Morgan fingerprint density at radius 1 is 0.828 bits per heavy atom. The largest absolute Gasteiger partial charge is 0.212 e. The van der Waals surface area contributed by atoms with Crippen molar-refractivity contribution in [2.24, 2.45) is 18.9 Å². The molecule has 0 fully saturated rings. The Morgan fingerprint density at radius 3 is 2.10 bits per heavy atom. The SMILES string of the molecule is [2H]C([2H])([2H])c1cc(C)c(-c2cc(CC(C)C)c(CC(C)C)c[n+]2C)cc1-c1ccccc1. The Bertz CT molecular complexity index is 1080. The molecule has 0 saturated carbocycles. The topological polar surface area (TPSA) is 3.88 Å². The number of rotatable bonds is 6. The van der Waals surface area contributed by atoms with Crippen LogP contribution in [0.3, 0.4) is 0 Å². The molecule has 1 nitrogen and oxygen atoms in total. The number of hydrogen-bond acceptors (Lipinski definition) is 0. The van der Waals surface area contributed by atoms with Crippen LogP contribution in [0.1, 0.15) is 54.1 Å². The number of hydrogen-bond donors (Lipinski definition) is 0. The number of aromatic nitrogens is 1. The van der Waals surface area contributed by atoms with Gasteiger partial charge in [0.1, 0.15) is 7.05 Å². The molecule has 0 N–H and O–H groups in total. The van der Waals surface area contributed by atoms with Crippen LogP contribution in [0.25, 0.3) is 22.4 Å². The molecule has 1 heteroatoms. The third-order valence-corrected chi connectivity index (χ3v) is 5.43. The van der Waals surface area contributed by atoms with Crippen molar-refractivity contribution in [1.82, 2.24) is 0 Å². The standard InChI is InChI=1S/C28H36N/c1-19(2)13-24-16-28(29(7)18-25(24)14-20(3)4)27-17-26(21(5)15-22(27)6)23-11-9-8-10-12-23/h8-12,15-20H,13-14H2,1-7H3/q+1/i5D3.